The Morgan fingerprint density at radius 2 is 1.88 bits per heavy atom. The van der Waals surface area contributed by atoms with Crippen molar-refractivity contribution in [2.24, 2.45) is 0 Å². The van der Waals surface area contributed by atoms with Gasteiger partial charge >= 0.3 is 0 Å². The van der Waals surface area contributed by atoms with Crippen LogP contribution in [-0.4, -0.2) is 49.3 Å². The topological polar surface area (TPSA) is 53.0 Å². The van der Waals surface area contributed by atoms with Gasteiger partial charge in [0.15, 0.2) is 0 Å². The molecule has 0 aliphatic carbocycles. The van der Waals surface area contributed by atoms with Crippen LogP contribution in [0.1, 0.15) is 28.8 Å². The van der Waals surface area contributed by atoms with E-state index < -0.39 is 0 Å². The molecular formula is C21H26N2O3. The van der Waals surface area contributed by atoms with Gasteiger partial charge in [0.05, 0.1) is 6.10 Å². The van der Waals surface area contributed by atoms with E-state index in [0.29, 0.717) is 18.7 Å². The first-order chi connectivity index (χ1) is 12.5. The summed E-state index contributed by atoms with van der Waals surface area (Å²) in [7, 11) is 3.94. The maximum Gasteiger partial charge on any atom is 0.254 e. The van der Waals surface area contributed by atoms with Crippen LogP contribution in [0, 0.1) is 0 Å². The van der Waals surface area contributed by atoms with Gasteiger partial charge in [-0.2, -0.15) is 0 Å². The minimum Gasteiger partial charge on any atom is -0.508 e. The lowest BCUT2D eigenvalue weighted by Gasteiger charge is -2.26. The molecule has 2 aromatic rings. The van der Waals surface area contributed by atoms with Gasteiger partial charge in [0.1, 0.15) is 5.75 Å². The predicted octanol–water partition coefficient (Wildman–Crippen LogP) is 3.28. The summed E-state index contributed by atoms with van der Waals surface area (Å²) in [4.78, 5) is 16.9. The summed E-state index contributed by atoms with van der Waals surface area (Å²) in [6.45, 7) is 1.64. The summed E-state index contributed by atoms with van der Waals surface area (Å²) in [6, 6.07) is 14.7. The first-order valence-corrected chi connectivity index (χ1v) is 8.99. The molecule has 0 saturated carbocycles. The lowest BCUT2D eigenvalue weighted by atomic mass is 10.1. The number of anilines is 1. The lowest BCUT2D eigenvalue weighted by Crippen LogP contribution is -2.37. The summed E-state index contributed by atoms with van der Waals surface area (Å²) in [6.07, 6.45) is 2.05. The molecule has 1 amide bonds. The number of carbonyl (C=O) groups excluding carboxylic acids is 1. The number of hydrogen-bond donors (Lipinski definition) is 1. The molecule has 1 heterocycles. The van der Waals surface area contributed by atoms with Crippen molar-refractivity contribution in [2.45, 2.75) is 25.5 Å². The van der Waals surface area contributed by atoms with Crippen LogP contribution in [0.15, 0.2) is 48.5 Å². The molecule has 0 bridgehead atoms. The Hall–Kier alpha value is -2.53. The second-order valence-electron chi connectivity index (χ2n) is 6.89. The van der Waals surface area contributed by atoms with Crippen molar-refractivity contribution < 1.29 is 14.6 Å². The van der Waals surface area contributed by atoms with Crippen molar-refractivity contribution in [3.63, 3.8) is 0 Å². The van der Waals surface area contributed by atoms with Crippen LogP contribution < -0.4 is 4.90 Å². The van der Waals surface area contributed by atoms with E-state index >= 15 is 0 Å². The molecule has 1 saturated heterocycles. The average molecular weight is 354 g/mol. The van der Waals surface area contributed by atoms with Crippen LogP contribution in [0.3, 0.4) is 0 Å². The van der Waals surface area contributed by atoms with E-state index in [4.69, 9.17) is 4.74 Å². The number of benzene rings is 2. The predicted molar refractivity (Wildman–Crippen MR) is 103 cm³/mol. The zero-order chi connectivity index (χ0) is 18.5. The molecule has 0 radical (unpaired) electrons. The number of ether oxygens (including phenoxy) is 1. The second kappa shape index (κ2) is 8.23. The highest BCUT2D eigenvalue weighted by molar-refractivity contribution is 5.94. The van der Waals surface area contributed by atoms with Gasteiger partial charge in [-0.3, -0.25) is 4.79 Å². The third-order valence-corrected chi connectivity index (χ3v) is 4.72. The standard InChI is InChI=1S/C21H26N2O3/c1-22(2)18-11-9-16(10-12-18)21(25)23(15-19-7-5-13-26-19)14-17-6-3-4-8-20(17)24/h3-4,6,8-12,19,24H,5,7,13-15H2,1-2H3. The summed E-state index contributed by atoms with van der Waals surface area (Å²) >= 11 is 0. The molecular weight excluding hydrogens is 328 g/mol. The normalized spacial score (nSPS) is 16.5. The maximum absolute atomic E-state index is 13.1. The van der Waals surface area contributed by atoms with Crippen LogP contribution in [0.2, 0.25) is 0 Å². The fraction of sp³-hybridized carbons (Fsp3) is 0.381. The highest BCUT2D eigenvalue weighted by Gasteiger charge is 2.24. The van der Waals surface area contributed by atoms with E-state index in [-0.39, 0.29) is 17.8 Å². The van der Waals surface area contributed by atoms with Gasteiger partial charge in [-0.25, -0.2) is 0 Å². The highest BCUT2D eigenvalue weighted by Crippen LogP contribution is 2.22. The third kappa shape index (κ3) is 4.35. The molecule has 1 unspecified atom stereocenters. The summed E-state index contributed by atoms with van der Waals surface area (Å²) in [5, 5.41) is 10.1. The summed E-state index contributed by atoms with van der Waals surface area (Å²) < 4.78 is 5.72. The Bertz CT molecular complexity index is 737. The number of amides is 1. The number of phenolic OH excluding ortho intramolecular Hbond substituents is 1. The van der Waals surface area contributed by atoms with Crippen LogP contribution in [0.5, 0.6) is 5.75 Å². The van der Waals surface area contributed by atoms with E-state index in [0.717, 1.165) is 30.7 Å². The van der Waals surface area contributed by atoms with E-state index in [2.05, 4.69) is 0 Å². The summed E-state index contributed by atoms with van der Waals surface area (Å²) in [5.74, 6) is 0.162. The number of rotatable bonds is 6. The molecule has 1 fully saturated rings. The van der Waals surface area contributed by atoms with Gasteiger partial charge in [-0.15, -0.1) is 0 Å². The Labute approximate surface area is 154 Å². The molecule has 0 spiro atoms. The van der Waals surface area contributed by atoms with Crippen molar-refractivity contribution in [1.82, 2.24) is 4.90 Å². The number of hydrogen-bond acceptors (Lipinski definition) is 4. The van der Waals surface area contributed by atoms with Gasteiger partial charge in [0.2, 0.25) is 0 Å². The largest absolute Gasteiger partial charge is 0.508 e. The summed E-state index contributed by atoms with van der Waals surface area (Å²) in [5.41, 5.74) is 2.43. The Morgan fingerprint density at radius 1 is 1.15 bits per heavy atom. The molecule has 1 atom stereocenters. The minimum atomic E-state index is -0.0472. The van der Waals surface area contributed by atoms with Gasteiger partial charge < -0.3 is 19.6 Å². The van der Waals surface area contributed by atoms with Gasteiger partial charge in [-0.1, -0.05) is 18.2 Å². The number of nitrogens with zero attached hydrogens (tertiary/aromatic N) is 2. The van der Waals surface area contributed by atoms with Crippen LogP contribution in [-0.2, 0) is 11.3 Å². The Morgan fingerprint density at radius 3 is 2.50 bits per heavy atom. The third-order valence-electron chi connectivity index (χ3n) is 4.72. The number of aromatic hydroxyl groups is 1. The van der Waals surface area contributed by atoms with Crippen molar-refractivity contribution in [1.29, 1.82) is 0 Å². The molecule has 26 heavy (non-hydrogen) atoms. The molecule has 138 valence electrons. The molecule has 2 aromatic carbocycles. The SMILES string of the molecule is CN(C)c1ccc(C(=O)N(Cc2ccccc2O)CC2CCCO2)cc1. The van der Waals surface area contributed by atoms with Gasteiger partial charge in [0, 0.05) is 50.6 Å². The molecule has 1 aliphatic rings. The fourth-order valence-corrected chi connectivity index (χ4v) is 3.19. The quantitative estimate of drug-likeness (QED) is 0.865. The molecule has 1 aliphatic heterocycles. The van der Waals surface area contributed by atoms with Gasteiger partial charge in [-0.05, 0) is 43.2 Å². The Balaban J connectivity index is 1.81. The lowest BCUT2D eigenvalue weighted by molar-refractivity contribution is 0.0506. The van der Waals surface area contributed by atoms with E-state index in [1.54, 1.807) is 17.0 Å². The second-order valence-corrected chi connectivity index (χ2v) is 6.89. The zero-order valence-electron chi connectivity index (χ0n) is 15.4. The maximum atomic E-state index is 13.1. The van der Waals surface area contributed by atoms with Crippen LogP contribution in [0.4, 0.5) is 5.69 Å². The number of para-hydroxylation sites is 1. The Kier molecular flexibility index (Phi) is 5.78. The van der Waals surface area contributed by atoms with Crippen molar-refractivity contribution in [2.75, 3.05) is 32.1 Å². The zero-order valence-corrected chi connectivity index (χ0v) is 15.4. The smallest absolute Gasteiger partial charge is 0.254 e. The monoisotopic (exact) mass is 354 g/mol. The first-order valence-electron chi connectivity index (χ1n) is 8.99. The van der Waals surface area contributed by atoms with Crippen molar-refractivity contribution in [3.05, 3.63) is 59.7 Å². The van der Waals surface area contributed by atoms with Crippen molar-refractivity contribution >= 4 is 11.6 Å². The molecule has 5 nitrogen and oxygen atoms in total. The van der Waals surface area contributed by atoms with Crippen LogP contribution >= 0.6 is 0 Å². The average Bonchev–Trinajstić information content (AvgIpc) is 3.15. The van der Waals surface area contributed by atoms with Gasteiger partial charge in [0.25, 0.3) is 5.91 Å². The fourth-order valence-electron chi connectivity index (χ4n) is 3.19. The minimum absolute atomic E-state index is 0.0472. The molecule has 1 N–H and O–H groups in total. The van der Waals surface area contributed by atoms with Crippen molar-refractivity contribution in [3.8, 4) is 5.75 Å². The number of phenols is 1. The van der Waals surface area contributed by atoms with E-state index in [1.807, 2.05) is 55.4 Å². The first kappa shape index (κ1) is 18.3. The highest BCUT2D eigenvalue weighted by atomic mass is 16.5. The molecule has 0 aromatic heterocycles. The number of carbonyl (C=O) groups is 1. The van der Waals surface area contributed by atoms with E-state index in [9.17, 15) is 9.90 Å². The van der Waals surface area contributed by atoms with Crippen LogP contribution in [0.25, 0.3) is 0 Å². The molecule has 5 heteroatoms. The van der Waals surface area contributed by atoms with E-state index in [1.165, 1.54) is 0 Å². The molecule has 3 rings (SSSR count).